The van der Waals surface area contributed by atoms with Gasteiger partial charge in [0, 0.05) is 18.4 Å². The minimum atomic E-state index is -1.000. The highest BCUT2D eigenvalue weighted by atomic mass is 79.9. The fraction of sp³-hybridized carbons (Fsp3) is 0.529. The molecule has 128 valence electrons. The SMILES string of the molecule is CC(C)(C)OC(=O)[C@]1(c2ccc([N+](=O)[O-])c(Br)c2)[C@@H]2CCC(=O)[C@@H]21. The molecule has 3 rings (SSSR count). The van der Waals surface area contributed by atoms with Crippen molar-refractivity contribution in [2.45, 2.75) is 44.6 Å². The van der Waals surface area contributed by atoms with Gasteiger partial charge in [-0.25, -0.2) is 0 Å². The maximum absolute atomic E-state index is 12.9. The van der Waals surface area contributed by atoms with E-state index in [2.05, 4.69) is 15.9 Å². The van der Waals surface area contributed by atoms with Gasteiger partial charge in [0.05, 0.1) is 9.40 Å². The molecule has 0 aromatic heterocycles. The number of nitro groups is 1. The molecule has 2 aliphatic rings. The summed E-state index contributed by atoms with van der Waals surface area (Å²) in [6.07, 6.45) is 1.13. The number of ketones is 1. The average Bonchev–Trinajstić information content (AvgIpc) is 2.98. The molecule has 2 fully saturated rings. The summed E-state index contributed by atoms with van der Waals surface area (Å²) in [7, 11) is 0. The van der Waals surface area contributed by atoms with Crippen molar-refractivity contribution in [3.05, 3.63) is 38.3 Å². The molecule has 7 heteroatoms. The Hall–Kier alpha value is -1.76. The van der Waals surface area contributed by atoms with Gasteiger partial charge in [-0.2, -0.15) is 0 Å². The van der Waals surface area contributed by atoms with Crippen molar-refractivity contribution < 1.29 is 19.2 Å². The van der Waals surface area contributed by atoms with Gasteiger partial charge in [-0.15, -0.1) is 0 Å². The monoisotopic (exact) mass is 395 g/mol. The Balaban J connectivity index is 2.05. The van der Waals surface area contributed by atoms with Gasteiger partial charge in [-0.05, 0) is 60.7 Å². The Kier molecular flexibility index (Phi) is 3.82. The van der Waals surface area contributed by atoms with Crippen molar-refractivity contribution in [2.75, 3.05) is 0 Å². The molecular weight excluding hydrogens is 378 g/mol. The lowest BCUT2D eigenvalue weighted by Gasteiger charge is -2.26. The number of nitrogens with zero attached hydrogens (tertiary/aromatic N) is 1. The van der Waals surface area contributed by atoms with Crippen LogP contribution >= 0.6 is 15.9 Å². The minimum Gasteiger partial charge on any atom is -0.459 e. The molecule has 1 aromatic rings. The van der Waals surface area contributed by atoms with E-state index in [1.165, 1.54) is 6.07 Å². The van der Waals surface area contributed by atoms with Crippen LogP contribution < -0.4 is 0 Å². The molecule has 24 heavy (non-hydrogen) atoms. The van der Waals surface area contributed by atoms with Crippen molar-refractivity contribution in [3.63, 3.8) is 0 Å². The molecule has 0 amide bonds. The molecule has 0 N–H and O–H groups in total. The van der Waals surface area contributed by atoms with E-state index in [-0.39, 0.29) is 23.3 Å². The smallest absolute Gasteiger partial charge is 0.318 e. The predicted molar refractivity (Wildman–Crippen MR) is 89.5 cm³/mol. The van der Waals surface area contributed by atoms with Gasteiger partial charge < -0.3 is 4.74 Å². The quantitative estimate of drug-likeness (QED) is 0.443. The van der Waals surface area contributed by atoms with Crippen LogP contribution in [0.1, 0.15) is 39.2 Å². The molecule has 3 atom stereocenters. The zero-order valence-corrected chi connectivity index (χ0v) is 15.3. The van der Waals surface area contributed by atoms with Crippen LogP contribution in [0.3, 0.4) is 0 Å². The van der Waals surface area contributed by atoms with Gasteiger partial charge in [0.1, 0.15) is 16.8 Å². The Morgan fingerprint density at radius 3 is 2.54 bits per heavy atom. The second kappa shape index (κ2) is 5.37. The third kappa shape index (κ3) is 2.46. The first-order valence-corrected chi connectivity index (χ1v) is 8.59. The molecule has 0 aliphatic heterocycles. The summed E-state index contributed by atoms with van der Waals surface area (Å²) >= 11 is 3.19. The van der Waals surface area contributed by atoms with Crippen LogP contribution in [-0.4, -0.2) is 22.3 Å². The van der Waals surface area contributed by atoms with Crippen molar-refractivity contribution in [1.82, 2.24) is 0 Å². The normalized spacial score (nSPS) is 28.4. The second-order valence-corrected chi connectivity index (χ2v) is 8.24. The Morgan fingerprint density at radius 2 is 2.08 bits per heavy atom. The highest BCUT2D eigenvalue weighted by Crippen LogP contribution is 2.67. The summed E-state index contributed by atoms with van der Waals surface area (Å²) in [4.78, 5) is 35.6. The first-order valence-electron chi connectivity index (χ1n) is 7.79. The largest absolute Gasteiger partial charge is 0.459 e. The van der Waals surface area contributed by atoms with Crippen LogP contribution in [0.4, 0.5) is 5.69 Å². The van der Waals surface area contributed by atoms with Crippen LogP contribution in [0.2, 0.25) is 0 Å². The first kappa shape index (κ1) is 17.1. The highest BCUT2D eigenvalue weighted by molar-refractivity contribution is 9.10. The van der Waals surface area contributed by atoms with E-state index in [0.717, 1.165) is 0 Å². The summed E-state index contributed by atoms with van der Waals surface area (Å²) in [6.45, 7) is 5.35. The molecule has 0 unspecified atom stereocenters. The highest BCUT2D eigenvalue weighted by Gasteiger charge is 2.76. The molecule has 0 bridgehead atoms. The number of carbonyl (C=O) groups excluding carboxylic acids is 2. The molecule has 2 saturated carbocycles. The molecule has 0 radical (unpaired) electrons. The molecular formula is C17H18BrNO5. The topological polar surface area (TPSA) is 86.5 Å². The van der Waals surface area contributed by atoms with Crippen LogP contribution in [0.25, 0.3) is 0 Å². The average molecular weight is 396 g/mol. The number of halogens is 1. The number of Topliss-reactive ketones (excluding diaryl/α,β-unsaturated/α-hetero) is 1. The van der Waals surface area contributed by atoms with E-state index in [1.807, 2.05) is 0 Å². The minimum absolute atomic E-state index is 0.0698. The number of hydrogen-bond donors (Lipinski definition) is 0. The summed E-state index contributed by atoms with van der Waals surface area (Å²) < 4.78 is 5.88. The van der Waals surface area contributed by atoms with Crippen LogP contribution in [0.15, 0.2) is 22.7 Å². The Bertz CT molecular complexity index is 754. The van der Waals surface area contributed by atoms with Crippen molar-refractivity contribution in [3.8, 4) is 0 Å². The van der Waals surface area contributed by atoms with Crippen molar-refractivity contribution in [2.24, 2.45) is 11.8 Å². The Morgan fingerprint density at radius 1 is 1.42 bits per heavy atom. The Labute approximate surface area is 147 Å². The number of hydrogen-bond acceptors (Lipinski definition) is 5. The molecule has 0 saturated heterocycles. The van der Waals surface area contributed by atoms with Gasteiger partial charge >= 0.3 is 5.97 Å². The van der Waals surface area contributed by atoms with Crippen molar-refractivity contribution in [1.29, 1.82) is 0 Å². The van der Waals surface area contributed by atoms with Gasteiger partial charge in [0.2, 0.25) is 0 Å². The van der Waals surface area contributed by atoms with Gasteiger partial charge in [-0.3, -0.25) is 19.7 Å². The molecule has 1 aromatic carbocycles. The van der Waals surface area contributed by atoms with Gasteiger partial charge in [0.15, 0.2) is 0 Å². The molecule has 0 heterocycles. The summed E-state index contributed by atoms with van der Waals surface area (Å²) in [6, 6.07) is 4.51. The fourth-order valence-corrected chi connectivity index (χ4v) is 4.37. The van der Waals surface area contributed by atoms with Crippen LogP contribution in [-0.2, 0) is 19.7 Å². The third-order valence-corrected chi connectivity index (χ3v) is 5.41. The lowest BCUT2D eigenvalue weighted by molar-refractivity contribution is -0.385. The first-order chi connectivity index (χ1) is 11.1. The summed E-state index contributed by atoms with van der Waals surface area (Å²) in [5, 5.41) is 11.0. The molecule has 2 aliphatic carbocycles. The number of ether oxygens (including phenoxy) is 1. The van der Waals surface area contributed by atoms with E-state index >= 15 is 0 Å². The van der Waals surface area contributed by atoms with Gasteiger partial charge in [0.25, 0.3) is 5.69 Å². The summed E-state index contributed by atoms with van der Waals surface area (Å²) in [5.74, 6) is -0.798. The zero-order valence-electron chi connectivity index (χ0n) is 13.7. The third-order valence-electron chi connectivity index (χ3n) is 4.78. The van der Waals surface area contributed by atoms with Gasteiger partial charge in [-0.1, -0.05) is 6.07 Å². The second-order valence-electron chi connectivity index (χ2n) is 7.38. The maximum atomic E-state index is 12.9. The number of nitro benzene ring substituents is 1. The number of esters is 1. The van der Waals surface area contributed by atoms with Crippen LogP contribution in [0, 0.1) is 22.0 Å². The van der Waals surface area contributed by atoms with Crippen molar-refractivity contribution >= 4 is 33.4 Å². The van der Waals surface area contributed by atoms with E-state index in [9.17, 15) is 19.7 Å². The lowest BCUT2D eigenvalue weighted by atomic mass is 9.86. The summed E-state index contributed by atoms with van der Waals surface area (Å²) in [5.41, 5.74) is -1.13. The number of fused-ring (bicyclic) bond motifs is 1. The standard InChI is InChI=1S/C17H18BrNO5/c1-16(2,3)24-15(21)17(10-5-7-13(20)14(10)17)9-4-6-12(19(22)23)11(18)8-9/h4,6,8,10,14H,5,7H2,1-3H3/t10-,14-,17-/m1/s1. The fourth-order valence-electron chi connectivity index (χ4n) is 3.85. The predicted octanol–water partition coefficient (Wildman–Crippen LogP) is 3.55. The number of rotatable bonds is 3. The molecule has 0 spiro atoms. The lowest BCUT2D eigenvalue weighted by Crippen LogP contribution is -2.36. The maximum Gasteiger partial charge on any atom is 0.318 e. The zero-order chi connectivity index (χ0) is 17.9. The van der Waals surface area contributed by atoms with E-state index in [0.29, 0.717) is 22.9 Å². The van der Waals surface area contributed by atoms with Crippen LogP contribution in [0.5, 0.6) is 0 Å². The van der Waals surface area contributed by atoms with E-state index in [1.54, 1.807) is 32.9 Å². The number of carbonyl (C=O) groups is 2. The van der Waals surface area contributed by atoms with E-state index < -0.39 is 21.9 Å². The van der Waals surface area contributed by atoms with E-state index in [4.69, 9.17) is 4.74 Å². The molecule has 6 nitrogen and oxygen atoms in total. The number of benzene rings is 1.